The molecule has 2 aromatic heterocycles. The molecule has 0 unspecified atom stereocenters. The molecule has 9 rings (SSSR count). The molecule has 3 aliphatic heterocycles. The first-order chi connectivity index (χ1) is 32.0. The van der Waals surface area contributed by atoms with Gasteiger partial charge in [0.2, 0.25) is 5.91 Å². The number of benzene rings is 3. The minimum atomic E-state index is -0.364. The maximum Gasteiger partial charge on any atom is 0.251 e. The fraction of sp³-hybridized carbons (Fsp3) is 0.471. The van der Waals surface area contributed by atoms with Gasteiger partial charge in [0.15, 0.2) is 5.82 Å². The zero-order valence-corrected chi connectivity index (χ0v) is 39.1. The van der Waals surface area contributed by atoms with E-state index in [2.05, 4.69) is 60.4 Å². The Labute approximate surface area is 392 Å². The second-order valence-electron chi connectivity index (χ2n) is 18.8. The highest BCUT2D eigenvalue weighted by Crippen LogP contribution is 2.36. The van der Waals surface area contributed by atoms with Gasteiger partial charge in [-0.3, -0.25) is 19.0 Å². The number of amides is 2. The Morgan fingerprint density at radius 1 is 0.924 bits per heavy atom. The summed E-state index contributed by atoms with van der Waals surface area (Å²) in [4.78, 5) is 34.9. The van der Waals surface area contributed by atoms with Crippen LogP contribution in [0.5, 0.6) is 0 Å². The van der Waals surface area contributed by atoms with Crippen molar-refractivity contribution in [1.82, 2.24) is 34.7 Å². The third-order valence-corrected chi connectivity index (χ3v) is 15.0. The molecule has 2 N–H and O–H groups in total. The van der Waals surface area contributed by atoms with Gasteiger partial charge in [-0.15, -0.1) is 0 Å². The SMILES string of the molecule is CC(=O)N1CCc2c(c(Nc3ccc(-c4cnn(C)c4)cc3F)nn2C2CCN(CCC3CCN(c4ccc(C(=O)NC5CCC(N(C)c6ccc(C#N)c(Cl)c6)CC5)cc4)CC3)CC2)C1. The van der Waals surface area contributed by atoms with Crippen LogP contribution in [0.3, 0.4) is 0 Å². The van der Waals surface area contributed by atoms with Gasteiger partial charge in [0, 0.05) is 112 Å². The number of fused-ring (bicyclic) bond motifs is 1. The average molecular weight is 915 g/mol. The van der Waals surface area contributed by atoms with Gasteiger partial charge in [0.1, 0.15) is 11.9 Å². The maximum atomic E-state index is 15.5. The van der Waals surface area contributed by atoms with Crippen LogP contribution in [0.1, 0.15) is 97.9 Å². The first kappa shape index (κ1) is 45.3. The number of aryl methyl sites for hydroxylation is 1. The number of likely N-dealkylation sites (tertiary alicyclic amines) is 1. The molecule has 0 spiro atoms. The molecule has 5 heterocycles. The molecule has 13 nitrogen and oxygen atoms in total. The largest absolute Gasteiger partial charge is 0.372 e. The summed E-state index contributed by atoms with van der Waals surface area (Å²) in [6.45, 7) is 7.88. The van der Waals surface area contributed by atoms with Gasteiger partial charge < -0.3 is 30.2 Å². The van der Waals surface area contributed by atoms with E-state index < -0.39 is 0 Å². The number of rotatable bonds is 12. The Hall–Kier alpha value is -5.91. The lowest BCUT2D eigenvalue weighted by molar-refractivity contribution is -0.129. The van der Waals surface area contributed by atoms with Crippen LogP contribution in [-0.2, 0) is 24.8 Å². The van der Waals surface area contributed by atoms with Crippen LogP contribution in [0.4, 0.5) is 27.3 Å². The minimum absolute atomic E-state index is 0.0113. The summed E-state index contributed by atoms with van der Waals surface area (Å²) in [5.41, 5.74) is 7.46. The monoisotopic (exact) mass is 913 g/mol. The van der Waals surface area contributed by atoms with E-state index in [0.717, 1.165) is 119 Å². The van der Waals surface area contributed by atoms with Gasteiger partial charge >= 0.3 is 0 Å². The average Bonchev–Trinajstić information content (AvgIpc) is 3.94. The fourth-order valence-corrected chi connectivity index (χ4v) is 10.8. The second kappa shape index (κ2) is 19.9. The molecular weight excluding hydrogens is 853 g/mol. The van der Waals surface area contributed by atoms with Crippen molar-refractivity contribution in [1.29, 1.82) is 5.26 Å². The molecule has 1 saturated carbocycles. The number of hydrogen-bond acceptors (Lipinski definition) is 9. The van der Waals surface area contributed by atoms with Gasteiger partial charge in [-0.25, -0.2) is 4.39 Å². The number of nitrogens with zero attached hydrogens (tertiary/aromatic N) is 9. The number of hydrogen-bond donors (Lipinski definition) is 2. The van der Waals surface area contributed by atoms with Crippen LogP contribution in [-0.4, -0.2) is 99.6 Å². The summed E-state index contributed by atoms with van der Waals surface area (Å²) in [6, 6.07) is 21.8. The smallest absolute Gasteiger partial charge is 0.251 e. The van der Waals surface area contributed by atoms with Crippen molar-refractivity contribution in [3.8, 4) is 17.2 Å². The Morgan fingerprint density at radius 3 is 2.35 bits per heavy atom. The maximum absolute atomic E-state index is 15.5. The van der Waals surface area contributed by atoms with E-state index in [1.807, 2.05) is 48.5 Å². The van der Waals surface area contributed by atoms with Crippen LogP contribution in [0.15, 0.2) is 73.1 Å². The predicted octanol–water partition coefficient (Wildman–Crippen LogP) is 8.72. The molecule has 0 radical (unpaired) electrons. The number of nitrogens with one attached hydrogen (secondary N) is 2. The van der Waals surface area contributed by atoms with Crippen LogP contribution in [0.2, 0.25) is 5.02 Å². The molecule has 4 aliphatic rings. The Balaban J connectivity index is 0.719. The topological polar surface area (TPSA) is 131 Å². The van der Waals surface area contributed by atoms with Crippen molar-refractivity contribution < 1.29 is 14.0 Å². The third kappa shape index (κ3) is 10.1. The number of halogens is 2. The van der Waals surface area contributed by atoms with E-state index in [9.17, 15) is 14.9 Å². The van der Waals surface area contributed by atoms with E-state index in [-0.39, 0.29) is 29.7 Å². The quantitative estimate of drug-likeness (QED) is 0.126. The molecule has 15 heteroatoms. The number of nitriles is 1. The van der Waals surface area contributed by atoms with E-state index in [0.29, 0.717) is 52.7 Å². The molecule has 5 aromatic rings. The predicted molar refractivity (Wildman–Crippen MR) is 258 cm³/mol. The van der Waals surface area contributed by atoms with Gasteiger partial charge in [-0.05, 0) is 130 Å². The lowest BCUT2D eigenvalue weighted by Crippen LogP contribution is -2.43. The molecule has 346 valence electrons. The minimum Gasteiger partial charge on any atom is -0.372 e. The van der Waals surface area contributed by atoms with Gasteiger partial charge in [0.05, 0.1) is 35.1 Å². The van der Waals surface area contributed by atoms with Crippen molar-refractivity contribution in [2.24, 2.45) is 13.0 Å². The normalized spacial score (nSPS) is 19.6. The molecule has 2 amide bonds. The Kier molecular flexibility index (Phi) is 13.6. The summed E-state index contributed by atoms with van der Waals surface area (Å²) in [5, 5.41) is 25.6. The molecule has 2 saturated heterocycles. The van der Waals surface area contributed by atoms with Gasteiger partial charge in [-0.2, -0.15) is 15.5 Å². The highest BCUT2D eigenvalue weighted by Gasteiger charge is 2.32. The highest BCUT2D eigenvalue weighted by atomic mass is 35.5. The van der Waals surface area contributed by atoms with E-state index in [1.54, 1.807) is 29.9 Å². The lowest BCUT2D eigenvalue weighted by atomic mass is 9.90. The Morgan fingerprint density at radius 2 is 1.68 bits per heavy atom. The summed E-state index contributed by atoms with van der Waals surface area (Å²) < 4.78 is 19.4. The summed E-state index contributed by atoms with van der Waals surface area (Å²) >= 11 is 6.30. The van der Waals surface area contributed by atoms with Crippen LogP contribution < -0.4 is 20.4 Å². The molecule has 1 aliphatic carbocycles. The second-order valence-corrected chi connectivity index (χ2v) is 19.2. The lowest BCUT2D eigenvalue weighted by Gasteiger charge is -2.37. The van der Waals surface area contributed by atoms with Gasteiger partial charge in [0.25, 0.3) is 5.91 Å². The van der Waals surface area contributed by atoms with Crippen LogP contribution >= 0.6 is 11.6 Å². The number of piperidine rings is 2. The molecule has 3 aromatic carbocycles. The Bertz CT molecular complexity index is 2560. The third-order valence-electron chi connectivity index (χ3n) is 14.7. The molecule has 0 atom stereocenters. The summed E-state index contributed by atoms with van der Waals surface area (Å²) in [6.07, 6.45) is 13.6. The fourth-order valence-electron chi connectivity index (χ4n) is 10.6. The molecule has 3 fully saturated rings. The van der Waals surface area contributed by atoms with E-state index >= 15 is 4.39 Å². The highest BCUT2D eigenvalue weighted by molar-refractivity contribution is 6.32. The van der Waals surface area contributed by atoms with Crippen molar-refractivity contribution in [2.75, 3.05) is 61.4 Å². The van der Waals surface area contributed by atoms with Crippen molar-refractivity contribution >= 4 is 46.3 Å². The van der Waals surface area contributed by atoms with Crippen molar-refractivity contribution in [3.63, 3.8) is 0 Å². The summed E-state index contributed by atoms with van der Waals surface area (Å²) in [7, 11) is 3.92. The van der Waals surface area contributed by atoms with Crippen molar-refractivity contribution in [2.45, 2.75) is 95.8 Å². The summed E-state index contributed by atoms with van der Waals surface area (Å²) in [5.74, 6) is 0.974. The standard InChI is InChI=1S/C51H61ClFN11O2/c1-34(65)63-27-21-49-45(33-63)50(57-48-15-7-37(28-47(48)53)39-31-55-59(2)32-39)58-64(49)43-19-23-61(24-20-43)22-16-35-17-25-62(26-18-35)42-10-4-36(5-11-42)51(66)56-40-8-13-41(14-9-40)60(3)44-12-6-38(30-54)46(52)29-44/h4-7,10-12,15,28-29,31-32,35,40-41,43H,8-9,13-14,16-27,33H2,1-3H3,(H,56,66)(H,57,58). The number of anilines is 4. The van der Waals surface area contributed by atoms with Crippen LogP contribution in [0, 0.1) is 23.1 Å². The number of aromatic nitrogens is 4. The number of carbonyl (C=O) groups is 2. The number of carbonyl (C=O) groups excluding carboxylic acids is 2. The molecule has 0 bridgehead atoms. The zero-order chi connectivity index (χ0) is 45.9. The zero-order valence-electron chi connectivity index (χ0n) is 38.4. The van der Waals surface area contributed by atoms with E-state index in [1.165, 1.54) is 18.2 Å². The first-order valence-electron chi connectivity index (χ1n) is 23.7. The molecular formula is C51H61ClFN11O2. The van der Waals surface area contributed by atoms with E-state index in [4.69, 9.17) is 16.7 Å². The van der Waals surface area contributed by atoms with Crippen LogP contribution in [0.25, 0.3) is 11.1 Å². The molecule has 66 heavy (non-hydrogen) atoms. The first-order valence-corrected chi connectivity index (χ1v) is 24.1. The van der Waals surface area contributed by atoms with Crippen molar-refractivity contribution in [3.05, 3.63) is 106 Å². The van der Waals surface area contributed by atoms with Gasteiger partial charge in [-0.1, -0.05) is 17.7 Å².